The molecule has 0 amide bonds. The Morgan fingerprint density at radius 3 is 1.20 bits per heavy atom. The number of rotatable bonds is 52. The van der Waals surface area contributed by atoms with Crippen LogP contribution in [0.5, 0.6) is 0 Å². The lowest BCUT2D eigenvalue weighted by atomic mass is 10.0. The summed E-state index contributed by atoms with van der Waals surface area (Å²) in [4.78, 5) is 37.2. The number of ether oxygens (including phenoxy) is 4. The molecule has 0 fully saturated rings. The molecular weight excluding hydrogens is 815 g/mol. The third kappa shape index (κ3) is 49.8. The molecule has 0 radical (unpaired) electrons. The molecule has 2 atom stereocenters. The van der Waals surface area contributed by atoms with Crippen LogP contribution in [0, 0.1) is 0 Å². The van der Waals surface area contributed by atoms with Crippen molar-refractivity contribution in [2.75, 3.05) is 47.5 Å². The van der Waals surface area contributed by atoms with Crippen molar-refractivity contribution in [1.29, 1.82) is 0 Å². The molecule has 0 aliphatic rings. The van der Waals surface area contributed by atoms with Crippen LogP contribution in [0.4, 0.5) is 0 Å². The fraction of sp³-hybridized carbons (Fsp3) is 0.911. The minimum absolute atomic E-state index is 0.180. The van der Waals surface area contributed by atoms with E-state index in [2.05, 4.69) is 26.0 Å². The lowest BCUT2D eigenvalue weighted by Gasteiger charge is -2.25. The van der Waals surface area contributed by atoms with E-state index >= 15 is 0 Å². The van der Waals surface area contributed by atoms with Crippen molar-refractivity contribution in [3.05, 3.63) is 12.2 Å². The molecule has 0 rings (SSSR count). The van der Waals surface area contributed by atoms with E-state index in [0.29, 0.717) is 23.9 Å². The molecule has 0 spiro atoms. The Hall–Kier alpha value is -1.97. The van der Waals surface area contributed by atoms with Crippen molar-refractivity contribution in [3.63, 3.8) is 0 Å². The predicted octanol–water partition coefficient (Wildman–Crippen LogP) is 15.8. The van der Waals surface area contributed by atoms with Gasteiger partial charge in [0.25, 0.3) is 6.29 Å². The predicted molar refractivity (Wildman–Crippen MR) is 272 cm³/mol. The van der Waals surface area contributed by atoms with Gasteiger partial charge in [-0.05, 0) is 32.1 Å². The second-order valence-electron chi connectivity index (χ2n) is 20.3. The lowest BCUT2D eigenvalue weighted by molar-refractivity contribution is -0.870. The first kappa shape index (κ1) is 63.0. The van der Waals surface area contributed by atoms with Crippen LogP contribution >= 0.6 is 0 Å². The molecule has 1 N–H and O–H groups in total. The first-order chi connectivity index (χ1) is 31.6. The zero-order valence-corrected chi connectivity index (χ0v) is 43.7. The Bertz CT molecular complexity index is 1070. The zero-order chi connectivity index (χ0) is 47.7. The lowest BCUT2D eigenvalue weighted by Crippen LogP contribution is -2.40. The van der Waals surface area contributed by atoms with E-state index in [9.17, 15) is 19.5 Å². The number of quaternary nitrogens is 1. The highest BCUT2D eigenvalue weighted by molar-refractivity contribution is 5.71. The molecule has 0 aliphatic heterocycles. The molecule has 384 valence electrons. The van der Waals surface area contributed by atoms with Gasteiger partial charge in [-0.1, -0.05) is 238 Å². The van der Waals surface area contributed by atoms with Crippen molar-refractivity contribution >= 4 is 17.9 Å². The Kier molecular flexibility index (Phi) is 47.0. The Morgan fingerprint density at radius 1 is 0.446 bits per heavy atom. The van der Waals surface area contributed by atoms with E-state index in [1.54, 1.807) is 0 Å². The number of unbranched alkanes of at least 4 members (excludes halogenated alkanes) is 35. The van der Waals surface area contributed by atoms with Crippen LogP contribution in [-0.4, -0.2) is 87.4 Å². The average Bonchev–Trinajstić information content (AvgIpc) is 3.27. The summed E-state index contributed by atoms with van der Waals surface area (Å²) < 4.78 is 22.8. The number of hydrogen-bond acceptors (Lipinski definition) is 7. The number of carboxylic acid groups (broad SMARTS) is 1. The minimum atomic E-state index is -1.51. The van der Waals surface area contributed by atoms with Gasteiger partial charge in [-0.2, -0.15) is 0 Å². The molecule has 9 nitrogen and oxygen atoms in total. The molecule has 0 aromatic heterocycles. The first-order valence-electron chi connectivity index (χ1n) is 27.9. The van der Waals surface area contributed by atoms with Crippen LogP contribution in [-0.2, 0) is 33.3 Å². The molecule has 9 heteroatoms. The highest BCUT2D eigenvalue weighted by Crippen LogP contribution is 2.17. The van der Waals surface area contributed by atoms with Crippen LogP contribution in [0.15, 0.2) is 12.2 Å². The topological polar surface area (TPSA) is 108 Å². The summed E-state index contributed by atoms with van der Waals surface area (Å²) in [6.45, 7) is 4.84. The molecule has 0 heterocycles. The molecule has 0 aliphatic carbocycles. The smallest absolute Gasteiger partial charge is 0.361 e. The number of allylic oxidation sites excluding steroid dienone is 2. The fourth-order valence-corrected chi connectivity index (χ4v) is 8.19. The Labute approximate surface area is 402 Å². The fourth-order valence-electron chi connectivity index (χ4n) is 8.19. The summed E-state index contributed by atoms with van der Waals surface area (Å²) in [7, 11) is 5.96. The first-order valence-corrected chi connectivity index (χ1v) is 27.9. The number of likely N-dealkylation sites (N-methyl/N-ethyl adjacent to an activating group) is 1. The van der Waals surface area contributed by atoms with Crippen molar-refractivity contribution in [3.8, 4) is 0 Å². The van der Waals surface area contributed by atoms with Crippen molar-refractivity contribution < 1.29 is 42.9 Å². The van der Waals surface area contributed by atoms with Gasteiger partial charge in [0.2, 0.25) is 0 Å². The van der Waals surface area contributed by atoms with Crippen LogP contribution in [0.1, 0.15) is 271 Å². The van der Waals surface area contributed by atoms with Crippen molar-refractivity contribution in [1.82, 2.24) is 0 Å². The average molecular weight is 923 g/mol. The van der Waals surface area contributed by atoms with Gasteiger partial charge in [-0.15, -0.1) is 0 Å². The van der Waals surface area contributed by atoms with Gasteiger partial charge in [-0.25, -0.2) is 4.79 Å². The summed E-state index contributed by atoms with van der Waals surface area (Å²) in [6, 6.07) is 0. The largest absolute Gasteiger partial charge is 0.477 e. The SMILES string of the molecule is CCC/C=C\CCCCCCCC(=O)OC(COC(=O)CCCCCCCCCCCCCCCCCCCCCCCCCCCCCCCC)COC(OCC[N+](C)(C)C)C(=O)O. The summed E-state index contributed by atoms with van der Waals surface area (Å²) in [5.74, 6) is -2.00. The van der Waals surface area contributed by atoms with Crippen LogP contribution in [0.25, 0.3) is 0 Å². The maximum atomic E-state index is 12.7. The van der Waals surface area contributed by atoms with Crippen molar-refractivity contribution in [2.45, 2.75) is 283 Å². The second-order valence-corrected chi connectivity index (χ2v) is 20.3. The van der Waals surface area contributed by atoms with Gasteiger partial charge in [0, 0.05) is 12.8 Å². The molecule has 0 saturated heterocycles. The van der Waals surface area contributed by atoms with Gasteiger partial charge in [0.1, 0.15) is 13.2 Å². The standard InChI is InChI=1S/C56H107NO8/c1-6-8-10-12-14-16-18-19-20-21-22-23-24-25-26-27-28-29-30-31-32-33-34-35-36-37-39-40-42-44-46-53(58)63-50-52(51-64-56(55(60)61)62-49-48-57(3,4)5)65-54(59)47-45-43-41-38-17-15-13-11-9-7-2/h11,13,52,56H,6-10,12,14-51H2,1-5H3/p+1/b13-11-. The maximum absolute atomic E-state index is 12.7. The third-order valence-electron chi connectivity index (χ3n) is 12.5. The number of carbonyl (C=O) groups is 3. The van der Waals surface area contributed by atoms with Crippen molar-refractivity contribution in [2.24, 2.45) is 0 Å². The Balaban J connectivity index is 3.99. The van der Waals surface area contributed by atoms with E-state index in [1.807, 2.05) is 21.1 Å². The number of hydrogen-bond donors (Lipinski definition) is 1. The van der Waals surface area contributed by atoms with E-state index in [1.165, 1.54) is 180 Å². The highest BCUT2D eigenvalue weighted by Gasteiger charge is 2.25. The van der Waals surface area contributed by atoms with Crippen LogP contribution in [0.3, 0.4) is 0 Å². The van der Waals surface area contributed by atoms with Gasteiger partial charge < -0.3 is 28.5 Å². The van der Waals surface area contributed by atoms with Gasteiger partial charge in [0.05, 0.1) is 34.4 Å². The summed E-state index contributed by atoms with van der Waals surface area (Å²) >= 11 is 0. The quantitative estimate of drug-likeness (QED) is 0.0211. The number of carbonyl (C=O) groups excluding carboxylic acids is 2. The summed E-state index contributed by atoms with van der Waals surface area (Å²) in [5, 5.41) is 9.65. The maximum Gasteiger partial charge on any atom is 0.361 e. The highest BCUT2D eigenvalue weighted by atomic mass is 16.7. The van der Waals surface area contributed by atoms with Crippen LogP contribution in [0.2, 0.25) is 0 Å². The summed E-state index contributed by atoms with van der Waals surface area (Å²) in [6.07, 6.45) is 51.8. The number of esters is 2. The number of aliphatic carboxylic acids is 1. The van der Waals surface area contributed by atoms with E-state index < -0.39 is 24.3 Å². The molecule has 2 unspecified atom stereocenters. The van der Waals surface area contributed by atoms with E-state index in [-0.39, 0.29) is 32.2 Å². The summed E-state index contributed by atoms with van der Waals surface area (Å²) in [5.41, 5.74) is 0. The van der Waals surface area contributed by atoms with E-state index in [0.717, 1.165) is 57.8 Å². The molecule has 0 saturated carbocycles. The van der Waals surface area contributed by atoms with E-state index in [4.69, 9.17) is 18.9 Å². The second kappa shape index (κ2) is 48.5. The molecule has 0 bridgehead atoms. The molecular formula is C56H108NO8+. The normalized spacial score (nSPS) is 12.8. The third-order valence-corrected chi connectivity index (χ3v) is 12.5. The molecule has 0 aromatic carbocycles. The monoisotopic (exact) mass is 923 g/mol. The van der Waals surface area contributed by atoms with Gasteiger partial charge >= 0.3 is 17.9 Å². The van der Waals surface area contributed by atoms with Gasteiger partial charge in [-0.3, -0.25) is 9.59 Å². The van der Waals surface area contributed by atoms with Crippen LogP contribution < -0.4 is 0 Å². The number of nitrogens with zero attached hydrogens (tertiary/aromatic N) is 1. The number of carboxylic acids is 1. The molecule has 0 aromatic rings. The van der Waals surface area contributed by atoms with Gasteiger partial charge in [0.15, 0.2) is 6.10 Å². The zero-order valence-electron chi connectivity index (χ0n) is 43.7. The molecule has 65 heavy (non-hydrogen) atoms. The minimum Gasteiger partial charge on any atom is -0.477 e. The Morgan fingerprint density at radius 2 is 0.815 bits per heavy atom.